The van der Waals surface area contributed by atoms with Gasteiger partial charge in [-0.1, -0.05) is 24.3 Å². The van der Waals surface area contributed by atoms with Gasteiger partial charge in [0.05, 0.1) is 18.8 Å². The number of ether oxygens (including phenoxy) is 1. The third-order valence-electron chi connectivity index (χ3n) is 6.47. The molecule has 4 aliphatic rings. The molecule has 0 N–H and O–H groups in total. The molecule has 148 valence electrons. The first-order valence-electron chi connectivity index (χ1n) is 9.80. The Balaban J connectivity index is 1.34. The maximum absolute atomic E-state index is 13.3. The second kappa shape index (κ2) is 6.88. The van der Waals surface area contributed by atoms with E-state index in [1.54, 1.807) is 23.6 Å². The number of benzene rings is 1. The molecule has 1 amide bonds. The standard InChI is InChI=1S/C21H22F2N2O2S/c22-18(23)15-4-2-1-3-14(15)16-12-28-19(24-16)17-11-25(7-8-27-17)20(26)21-6-5-13(9-21)10-21/h1-4,12-13,17-18H,5-11H2/t13?,17-,21?/m1/s1. The summed E-state index contributed by atoms with van der Waals surface area (Å²) in [6.07, 6.45) is 1.45. The average Bonchev–Trinajstić information content (AvgIpc) is 3.43. The van der Waals surface area contributed by atoms with E-state index in [9.17, 15) is 13.6 Å². The number of fused-ring (bicyclic) bond motifs is 1. The van der Waals surface area contributed by atoms with Crippen LogP contribution in [0.15, 0.2) is 29.6 Å². The van der Waals surface area contributed by atoms with Gasteiger partial charge in [-0.25, -0.2) is 13.8 Å². The Morgan fingerprint density at radius 2 is 2.14 bits per heavy atom. The molecule has 3 saturated carbocycles. The molecule has 0 spiro atoms. The van der Waals surface area contributed by atoms with Crippen LogP contribution < -0.4 is 0 Å². The zero-order valence-corrected chi connectivity index (χ0v) is 16.3. The van der Waals surface area contributed by atoms with Crippen LogP contribution in [0.1, 0.15) is 48.8 Å². The van der Waals surface area contributed by atoms with Crippen LogP contribution in [0.4, 0.5) is 8.78 Å². The van der Waals surface area contributed by atoms with E-state index in [-0.39, 0.29) is 23.0 Å². The first kappa shape index (κ1) is 18.2. The molecular formula is C21H22F2N2O2S. The lowest BCUT2D eigenvalue weighted by Gasteiger charge is -2.43. The Morgan fingerprint density at radius 1 is 1.32 bits per heavy atom. The average molecular weight is 404 g/mol. The van der Waals surface area contributed by atoms with Crippen LogP contribution in [0.25, 0.3) is 11.3 Å². The molecule has 0 unspecified atom stereocenters. The molecule has 1 atom stereocenters. The molecular weight excluding hydrogens is 382 g/mol. The number of hydrogen-bond donors (Lipinski definition) is 0. The van der Waals surface area contributed by atoms with Crippen molar-refractivity contribution in [1.29, 1.82) is 0 Å². The minimum Gasteiger partial charge on any atom is -0.367 e. The Morgan fingerprint density at radius 3 is 2.89 bits per heavy atom. The number of carbonyl (C=O) groups excluding carboxylic acids is 1. The molecule has 1 aromatic heterocycles. The summed E-state index contributed by atoms with van der Waals surface area (Å²) in [5.41, 5.74) is 0.866. The number of nitrogens with zero attached hydrogens (tertiary/aromatic N) is 2. The number of halogens is 2. The van der Waals surface area contributed by atoms with E-state index < -0.39 is 6.43 Å². The van der Waals surface area contributed by atoms with Gasteiger partial charge < -0.3 is 9.64 Å². The third kappa shape index (κ3) is 2.95. The lowest BCUT2D eigenvalue weighted by molar-refractivity contribution is -0.154. The second-order valence-corrected chi connectivity index (χ2v) is 9.05. The maximum atomic E-state index is 13.3. The van der Waals surface area contributed by atoms with E-state index in [1.165, 1.54) is 23.8 Å². The third-order valence-corrected chi connectivity index (χ3v) is 7.40. The van der Waals surface area contributed by atoms with Gasteiger partial charge in [0.25, 0.3) is 6.43 Å². The second-order valence-electron chi connectivity index (χ2n) is 8.16. The highest BCUT2D eigenvalue weighted by Crippen LogP contribution is 2.59. The zero-order valence-electron chi connectivity index (χ0n) is 15.4. The summed E-state index contributed by atoms with van der Waals surface area (Å²) in [4.78, 5) is 19.6. The molecule has 0 radical (unpaired) electrons. The van der Waals surface area contributed by atoms with Gasteiger partial charge in [0.1, 0.15) is 11.1 Å². The van der Waals surface area contributed by atoms with E-state index in [1.807, 2.05) is 4.90 Å². The minimum atomic E-state index is -2.54. The van der Waals surface area contributed by atoms with Crippen molar-refractivity contribution in [1.82, 2.24) is 9.88 Å². The van der Waals surface area contributed by atoms with E-state index in [0.717, 1.165) is 30.2 Å². The summed E-state index contributed by atoms with van der Waals surface area (Å²) in [5, 5.41) is 2.54. The van der Waals surface area contributed by atoms with Gasteiger partial charge in [-0.2, -0.15) is 0 Å². The van der Waals surface area contributed by atoms with Crippen LogP contribution >= 0.6 is 11.3 Å². The SMILES string of the molecule is O=C(N1CCO[C@@H](c2nc(-c3ccccc3C(F)F)cs2)C1)C12CCC(C1)C2. The van der Waals surface area contributed by atoms with E-state index in [2.05, 4.69) is 4.98 Å². The predicted molar refractivity (Wildman–Crippen MR) is 102 cm³/mol. The van der Waals surface area contributed by atoms with E-state index >= 15 is 0 Å². The first-order chi connectivity index (χ1) is 13.6. The van der Waals surface area contributed by atoms with Gasteiger partial charge in [0.2, 0.25) is 5.91 Å². The topological polar surface area (TPSA) is 42.4 Å². The van der Waals surface area contributed by atoms with Crippen molar-refractivity contribution in [3.05, 3.63) is 40.2 Å². The molecule has 1 aromatic carbocycles. The Hall–Kier alpha value is -1.86. The minimum absolute atomic E-state index is 0.0133. The Labute approximate surface area is 166 Å². The van der Waals surface area contributed by atoms with Crippen LogP contribution in [-0.4, -0.2) is 35.5 Å². The van der Waals surface area contributed by atoms with Crippen LogP contribution in [-0.2, 0) is 9.53 Å². The molecule has 3 aliphatic carbocycles. The number of alkyl halides is 2. The molecule has 7 heteroatoms. The fourth-order valence-corrected chi connectivity index (χ4v) is 5.87. The quantitative estimate of drug-likeness (QED) is 0.732. The molecule has 1 aliphatic heterocycles. The van der Waals surface area contributed by atoms with Gasteiger partial charge in [-0.3, -0.25) is 4.79 Å². The molecule has 2 heterocycles. The van der Waals surface area contributed by atoms with Crippen molar-refractivity contribution in [2.24, 2.45) is 11.3 Å². The number of morpholine rings is 1. The number of rotatable bonds is 4. The van der Waals surface area contributed by atoms with Gasteiger partial charge >= 0.3 is 0 Å². The number of hydrogen-bond acceptors (Lipinski definition) is 4. The summed E-state index contributed by atoms with van der Waals surface area (Å²) >= 11 is 1.41. The summed E-state index contributed by atoms with van der Waals surface area (Å²) in [7, 11) is 0. The van der Waals surface area contributed by atoms with Gasteiger partial charge in [-0.15, -0.1) is 11.3 Å². The summed E-state index contributed by atoms with van der Waals surface area (Å²) in [5.74, 6) is 1.02. The zero-order chi connectivity index (χ0) is 19.3. The first-order valence-corrected chi connectivity index (χ1v) is 10.7. The molecule has 28 heavy (non-hydrogen) atoms. The van der Waals surface area contributed by atoms with Gasteiger partial charge in [-0.05, 0) is 31.6 Å². The lowest BCUT2D eigenvalue weighted by Crippen LogP contribution is -2.51. The summed E-state index contributed by atoms with van der Waals surface area (Å²) < 4.78 is 32.5. The highest BCUT2D eigenvalue weighted by molar-refractivity contribution is 7.10. The highest BCUT2D eigenvalue weighted by atomic mass is 32.1. The fourth-order valence-electron chi connectivity index (χ4n) is 5.01. The van der Waals surface area contributed by atoms with Crippen molar-refractivity contribution in [3.63, 3.8) is 0 Å². The Bertz CT molecular complexity index is 889. The van der Waals surface area contributed by atoms with Crippen molar-refractivity contribution >= 4 is 17.2 Å². The summed E-state index contributed by atoms with van der Waals surface area (Å²) in [6.45, 7) is 1.60. The van der Waals surface area contributed by atoms with Crippen molar-refractivity contribution in [2.75, 3.05) is 19.7 Å². The van der Waals surface area contributed by atoms with Crippen molar-refractivity contribution < 1.29 is 18.3 Å². The molecule has 4 nitrogen and oxygen atoms in total. The number of aromatic nitrogens is 1. The maximum Gasteiger partial charge on any atom is 0.264 e. The molecule has 4 fully saturated rings. The van der Waals surface area contributed by atoms with Crippen molar-refractivity contribution in [3.8, 4) is 11.3 Å². The number of carbonyl (C=O) groups is 1. The summed E-state index contributed by atoms with van der Waals surface area (Å²) in [6, 6.07) is 6.46. The lowest BCUT2D eigenvalue weighted by atomic mass is 9.68. The number of amides is 1. The fraction of sp³-hybridized carbons (Fsp3) is 0.524. The normalized spacial score (nSPS) is 29.2. The predicted octanol–water partition coefficient (Wildman–Crippen LogP) is 4.84. The molecule has 2 aromatic rings. The molecule has 6 rings (SSSR count). The van der Waals surface area contributed by atoms with Gasteiger partial charge in [0.15, 0.2) is 0 Å². The smallest absolute Gasteiger partial charge is 0.264 e. The molecule has 2 bridgehead atoms. The van der Waals surface area contributed by atoms with E-state index in [4.69, 9.17) is 4.74 Å². The van der Waals surface area contributed by atoms with Crippen LogP contribution in [0, 0.1) is 11.3 Å². The highest BCUT2D eigenvalue weighted by Gasteiger charge is 2.56. The molecule has 1 saturated heterocycles. The van der Waals surface area contributed by atoms with Crippen molar-refractivity contribution in [2.45, 2.75) is 38.2 Å². The largest absolute Gasteiger partial charge is 0.367 e. The van der Waals surface area contributed by atoms with Crippen LogP contribution in [0.3, 0.4) is 0 Å². The Kier molecular flexibility index (Phi) is 4.47. The van der Waals surface area contributed by atoms with Crippen LogP contribution in [0.2, 0.25) is 0 Å². The van der Waals surface area contributed by atoms with Gasteiger partial charge in [0, 0.05) is 28.5 Å². The monoisotopic (exact) mass is 404 g/mol. The van der Waals surface area contributed by atoms with E-state index in [0.29, 0.717) is 31.0 Å². The number of thiazole rings is 1. The van der Waals surface area contributed by atoms with Crippen LogP contribution in [0.5, 0.6) is 0 Å².